The highest BCUT2D eigenvalue weighted by molar-refractivity contribution is 6.00. The number of amides is 2. The van der Waals surface area contributed by atoms with E-state index < -0.39 is 17.0 Å². The lowest BCUT2D eigenvalue weighted by atomic mass is 9.74. The van der Waals surface area contributed by atoms with Crippen LogP contribution in [0.3, 0.4) is 0 Å². The monoisotopic (exact) mass is 374 g/mol. The third-order valence-electron chi connectivity index (χ3n) is 5.46. The number of carboxylic acids is 1. The van der Waals surface area contributed by atoms with Crippen LogP contribution in [-0.2, 0) is 9.53 Å². The van der Waals surface area contributed by atoms with Crippen molar-refractivity contribution in [2.75, 3.05) is 24.5 Å². The molecule has 1 aromatic carbocycles. The number of benzene rings is 1. The predicted octanol–water partition coefficient (Wildman–Crippen LogP) is 2.99. The molecular formula is C20H26N2O5. The van der Waals surface area contributed by atoms with Gasteiger partial charge in [0.2, 0.25) is 5.91 Å². The molecule has 0 aromatic heterocycles. The minimum absolute atomic E-state index is 0.00502. The van der Waals surface area contributed by atoms with Gasteiger partial charge in [0.1, 0.15) is 5.60 Å². The molecule has 2 aliphatic heterocycles. The van der Waals surface area contributed by atoms with Crippen LogP contribution in [0.4, 0.5) is 10.5 Å². The van der Waals surface area contributed by atoms with Gasteiger partial charge >= 0.3 is 12.1 Å². The number of hydrogen-bond acceptors (Lipinski definition) is 4. The number of fused-ring (bicyclic) bond motifs is 1. The normalized spacial score (nSPS) is 25.3. The SMILES string of the molecule is CC(C)(C)OC(=O)N1CC[C@]2(C)C(=O)N(c3ccc(C(=O)O)cc3)C[C@@H]2C1. The molecule has 27 heavy (non-hydrogen) atoms. The summed E-state index contributed by atoms with van der Waals surface area (Å²) in [4.78, 5) is 39.9. The first-order valence-corrected chi connectivity index (χ1v) is 9.14. The molecule has 7 nitrogen and oxygen atoms in total. The molecular weight excluding hydrogens is 348 g/mol. The van der Waals surface area contributed by atoms with Crippen LogP contribution in [0.25, 0.3) is 0 Å². The largest absolute Gasteiger partial charge is 0.478 e. The van der Waals surface area contributed by atoms with Gasteiger partial charge in [0, 0.05) is 31.2 Å². The summed E-state index contributed by atoms with van der Waals surface area (Å²) in [6.07, 6.45) is 0.237. The van der Waals surface area contributed by atoms with E-state index >= 15 is 0 Å². The Morgan fingerprint density at radius 2 is 1.81 bits per heavy atom. The Labute approximate surface area is 158 Å². The average molecular weight is 374 g/mol. The van der Waals surface area contributed by atoms with E-state index in [9.17, 15) is 14.4 Å². The standard InChI is InChI=1S/C20H26N2O5/c1-19(2,3)27-18(26)21-10-9-20(4)14(11-21)12-22(17(20)25)15-7-5-13(6-8-15)16(23)24/h5-8,14H,9-12H2,1-4H3,(H,23,24)/t14-,20-/m0/s1. The second-order valence-corrected chi connectivity index (χ2v) is 8.56. The Morgan fingerprint density at radius 1 is 1.19 bits per heavy atom. The Morgan fingerprint density at radius 3 is 2.37 bits per heavy atom. The molecule has 2 fully saturated rings. The van der Waals surface area contributed by atoms with Gasteiger partial charge in [0.05, 0.1) is 11.0 Å². The van der Waals surface area contributed by atoms with Crippen molar-refractivity contribution < 1.29 is 24.2 Å². The van der Waals surface area contributed by atoms with Crippen LogP contribution in [0.1, 0.15) is 44.5 Å². The number of likely N-dealkylation sites (tertiary alicyclic amines) is 1. The summed E-state index contributed by atoms with van der Waals surface area (Å²) in [5.41, 5.74) is -0.208. The number of nitrogens with zero attached hydrogens (tertiary/aromatic N) is 2. The third kappa shape index (κ3) is 3.63. The van der Waals surface area contributed by atoms with Crippen molar-refractivity contribution >= 4 is 23.7 Å². The van der Waals surface area contributed by atoms with Gasteiger partial charge in [0.25, 0.3) is 0 Å². The zero-order valence-electron chi connectivity index (χ0n) is 16.2. The summed E-state index contributed by atoms with van der Waals surface area (Å²) in [6, 6.07) is 6.33. The maximum absolute atomic E-state index is 13.1. The Kier molecular flexibility index (Phi) is 4.66. The Hall–Kier alpha value is -2.57. The fraction of sp³-hybridized carbons (Fsp3) is 0.550. The molecule has 7 heteroatoms. The topological polar surface area (TPSA) is 87.2 Å². The van der Waals surface area contributed by atoms with Gasteiger partial charge in [-0.15, -0.1) is 0 Å². The van der Waals surface area contributed by atoms with Crippen molar-refractivity contribution in [1.82, 2.24) is 4.90 Å². The first-order valence-electron chi connectivity index (χ1n) is 9.14. The van der Waals surface area contributed by atoms with Gasteiger partial charge in [-0.3, -0.25) is 4.79 Å². The summed E-state index contributed by atoms with van der Waals surface area (Å²) in [5.74, 6) is -0.965. The highest BCUT2D eigenvalue weighted by Crippen LogP contribution is 2.45. The Bertz CT molecular complexity index is 768. The van der Waals surface area contributed by atoms with Gasteiger partial charge in [-0.25, -0.2) is 9.59 Å². The molecule has 3 rings (SSSR count). The molecule has 2 amide bonds. The number of carbonyl (C=O) groups is 3. The molecule has 2 atom stereocenters. The Balaban J connectivity index is 1.76. The van der Waals surface area contributed by atoms with Crippen LogP contribution in [0, 0.1) is 11.3 Å². The molecule has 146 valence electrons. The second kappa shape index (κ2) is 6.55. The van der Waals surface area contributed by atoms with Gasteiger partial charge in [-0.2, -0.15) is 0 Å². The van der Waals surface area contributed by atoms with E-state index in [2.05, 4.69) is 0 Å². The molecule has 0 aliphatic carbocycles. The molecule has 2 aliphatic rings. The van der Waals surface area contributed by atoms with Gasteiger partial charge in [-0.1, -0.05) is 6.92 Å². The average Bonchev–Trinajstić information content (AvgIpc) is 2.84. The summed E-state index contributed by atoms with van der Waals surface area (Å²) in [5, 5.41) is 9.03. The molecule has 0 unspecified atom stereocenters. The first-order chi connectivity index (χ1) is 12.5. The highest BCUT2D eigenvalue weighted by atomic mass is 16.6. The molecule has 0 radical (unpaired) electrons. The van der Waals surface area contributed by atoms with Crippen LogP contribution in [0.2, 0.25) is 0 Å². The smallest absolute Gasteiger partial charge is 0.410 e. The number of aromatic carboxylic acids is 1. The van der Waals surface area contributed by atoms with E-state index in [-0.39, 0.29) is 23.5 Å². The number of piperidine rings is 1. The number of carbonyl (C=O) groups excluding carboxylic acids is 2. The van der Waals surface area contributed by atoms with Crippen LogP contribution in [0.15, 0.2) is 24.3 Å². The minimum atomic E-state index is -0.997. The van der Waals surface area contributed by atoms with Crippen LogP contribution >= 0.6 is 0 Å². The second-order valence-electron chi connectivity index (χ2n) is 8.56. The summed E-state index contributed by atoms with van der Waals surface area (Å²) < 4.78 is 5.47. The van der Waals surface area contributed by atoms with E-state index in [0.29, 0.717) is 31.7 Å². The lowest BCUT2D eigenvalue weighted by Crippen LogP contribution is -2.50. The summed E-state index contributed by atoms with van der Waals surface area (Å²) in [6.45, 7) is 8.92. The maximum atomic E-state index is 13.1. The number of carboxylic acid groups (broad SMARTS) is 1. The maximum Gasteiger partial charge on any atom is 0.410 e. The summed E-state index contributed by atoms with van der Waals surface area (Å²) >= 11 is 0. The van der Waals surface area contributed by atoms with Crippen LogP contribution in [0.5, 0.6) is 0 Å². The van der Waals surface area contributed by atoms with Crippen LogP contribution in [-0.4, -0.2) is 53.2 Å². The van der Waals surface area contributed by atoms with Gasteiger partial charge < -0.3 is 19.6 Å². The van der Waals surface area contributed by atoms with E-state index in [1.165, 1.54) is 12.1 Å². The molecule has 1 N–H and O–H groups in total. The predicted molar refractivity (Wildman–Crippen MR) is 99.8 cm³/mol. The molecule has 0 saturated carbocycles. The van der Waals surface area contributed by atoms with E-state index in [1.807, 2.05) is 27.7 Å². The number of rotatable bonds is 2. The lowest BCUT2D eigenvalue weighted by Gasteiger charge is -2.40. The molecule has 1 aromatic rings. The molecule has 2 saturated heterocycles. The number of ether oxygens (including phenoxy) is 1. The minimum Gasteiger partial charge on any atom is -0.478 e. The molecule has 0 spiro atoms. The fourth-order valence-corrected chi connectivity index (χ4v) is 3.78. The van der Waals surface area contributed by atoms with Gasteiger partial charge in [0.15, 0.2) is 0 Å². The zero-order chi connectivity index (χ0) is 20.0. The lowest BCUT2D eigenvalue weighted by molar-refractivity contribution is -0.128. The third-order valence-corrected chi connectivity index (χ3v) is 5.46. The van der Waals surface area contributed by atoms with Crippen LogP contribution < -0.4 is 4.90 Å². The highest BCUT2D eigenvalue weighted by Gasteiger charge is 2.54. The first kappa shape index (κ1) is 19.2. The van der Waals surface area contributed by atoms with Gasteiger partial charge in [-0.05, 0) is 51.5 Å². The van der Waals surface area contributed by atoms with Crippen molar-refractivity contribution in [2.45, 2.75) is 39.7 Å². The number of hydrogen-bond donors (Lipinski definition) is 1. The molecule has 0 bridgehead atoms. The van der Waals surface area contributed by atoms with E-state index in [4.69, 9.17) is 9.84 Å². The fourth-order valence-electron chi connectivity index (χ4n) is 3.78. The zero-order valence-corrected chi connectivity index (χ0v) is 16.2. The summed E-state index contributed by atoms with van der Waals surface area (Å²) in [7, 11) is 0. The van der Waals surface area contributed by atoms with E-state index in [0.717, 1.165) is 0 Å². The van der Waals surface area contributed by atoms with Crippen molar-refractivity contribution in [3.63, 3.8) is 0 Å². The van der Waals surface area contributed by atoms with Crippen molar-refractivity contribution in [1.29, 1.82) is 0 Å². The molecule has 2 heterocycles. The van der Waals surface area contributed by atoms with Crippen molar-refractivity contribution in [3.8, 4) is 0 Å². The quantitative estimate of drug-likeness (QED) is 0.860. The van der Waals surface area contributed by atoms with E-state index in [1.54, 1.807) is 21.9 Å². The van der Waals surface area contributed by atoms with Crippen molar-refractivity contribution in [3.05, 3.63) is 29.8 Å². The van der Waals surface area contributed by atoms with Crippen molar-refractivity contribution in [2.24, 2.45) is 11.3 Å². The number of anilines is 1.